The summed E-state index contributed by atoms with van der Waals surface area (Å²) in [6, 6.07) is 54.6. The highest BCUT2D eigenvalue weighted by Gasteiger charge is 2.35. The fourth-order valence-electron chi connectivity index (χ4n) is 9.38. The van der Waals surface area contributed by atoms with E-state index in [9.17, 15) is 19.2 Å². The Morgan fingerprint density at radius 2 is 0.500 bits per heavy atom. The van der Waals surface area contributed by atoms with Gasteiger partial charge in [0.2, 0.25) is 0 Å². The quantitative estimate of drug-likeness (QED) is 0.0990. The van der Waals surface area contributed by atoms with E-state index in [1.807, 2.05) is 146 Å². The Labute approximate surface area is 371 Å². The lowest BCUT2D eigenvalue weighted by Gasteiger charge is -2.23. The normalized spacial score (nSPS) is 11.3. The van der Waals surface area contributed by atoms with Gasteiger partial charge >= 0.3 is 23.9 Å². The molecule has 0 bridgehead atoms. The Balaban J connectivity index is 1.31. The van der Waals surface area contributed by atoms with Crippen molar-refractivity contribution in [1.29, 1.82) is 0 Å². The minimum atomic E-state index is -0.492. The van der Waals surface area contributed by atoms with Crippen molar-refractivity contribution in [3.05, 3.63) is 225 Å². The molecule has 0 N–H and O–H groups in total. The van der Waals surface area contributed by atoms with Crippen molar-refractivity contribution in [1.82, 2.24) is 0 Å². The summed E-state index contributed by atoms with van der Waals surface area (Å²) in [7, 11) is 5.49. The predicted octanol–water partition coefficient (Wildman–Crippen LogP) is 11.6. The highest BCUT2D eigenvalue weighted by molar-refractivity contribution is 6.04. The highest BCUT2D eigenvalue weighted by atomic mass is 16.5. The smallest absolute Gasteiger partial charge is 0.338 e. The number of hydrogen-bond donors (Lipinski definition) is 0. The lowest BCUT2D eigenvalue weighted by molar-refractivity contribution is 0.0593. The number of hydrogen-bond acceptors (Lipinski definition) is 8. The molecule has 0 saturated carbocycles. The average Bonchev–Trinajstić information content (AvgIpc) is 3.76. The number of methoxy groups -OCH3 is 4. The summed E-state index contributed by atoms with van der Waals surface area (Å²) in [6.07, 6.45) is 0. The zero-order valence-electron chi connectivity index (χ0n) is 35.6. The van der Waals surface area contributed by atoms with E-state index >= 15 is 0 Å². The molecule has 8 aliphatic rings. The van der Waals surface area contributed by atoms with Crippen LogP contribution >= 0.6 is 0 Å². The molecule has 8 aliphatic carbocycles. The molecule has 0 unspecified atom stereocenters. The van der Waals surface area contributed by atoms with Crippen molar-refractivity contribution < 1.29 is 38.1 Å². The molecule has 0 heterocycles. The highest BCUT2D eigenvalue weighted by Crippen LogP contribution is 2.50. The van der Waals surface area contributed by atoms with Crippen LogP contribution in [0.25, 0.3) is 44.5 Å². The van der Waals surface area contributed by atoms with Crippen LogP contribution in [0.15, 0.2) is 170 Å². The van der Waals surface area contributed by atoms with Gasteiger partial charge in [-0.1, -0.05) is 146 Å². The number of ether oxygens (including phenoxy) is 4. The summed E-state index contributed by atoms with van der Waals surface area (Å²) in [5, 5.41) is 0. The van der Waals surface area contributed by atoms with Gasteiger partial charge in [0.25, 0.3) is 0 Å². The molecule has 8 nitrogen and oxygen atoms in total. The third-order valence-electron chi connectivity index (χ3n) is 12.2. The largest absolute Gasteiger partial charge is 0.465 e. The van der Waals surface area contributed by atoms with Gasteiger partial charge in [-0.15, -0.1) is 0 Å². The lowest BCUT2D eigenvalue weighted by Crippen LogP contribution is -2.07. The second-order valence-electron chi connectivity index (χ2n) is 15.5. The molecule has 314 valence electrons. The molecular weight excluding hydrogens is 801 g/mol. The Morgan fingerprint density at radius 1 is 0.297 bits per heavy atom. The molecule has 0 atom stereocenters. The first-order valence-corrected chi connectivity index (χ1v) is 20.8. The number of carbonyl (C=O) groups is 4. The summed E-state index contributed by atoms with van der Waals surface area (Å²) in [5.74, 6) is -2.83. The monoisotopic (exact) mass is 842 g/mol. The molecule has 8 heteroatoms. The molecule has 9 rings (SSSR count). The molecule has 0 spiro atoms. The van der Waals surface area contributed by atoms with Crippen molar-refractivity contribution >= 4 is 23.9 Å². The van der Waals surface area contributed by atoms with Gasteiger partial charge in [-0.2, -0.15) is 0 Å². The van der Waals surface area contributed by atoms with E-state index < -0.39 is 35.7 Å². The number of fused-ring (bicyclic) bond motifs is 4. The fraction of sp³-hybridized carbons (Fsp3) is 0.107. The van der Waals surface area contributed by atoms with Crippen LogP contribution in [0.4, 0.5) is 0 Å². The van der Waals surface area contributed by atoms with Gasteiger partial charge in [0.05, 0.1) is 50.7 Å². The average molecular weight is 843 g/mol. The van der Waals surface area contributed by atoms with E-state index in [4.69, 9.17) is 18.9 Å². The summed E-state index contributed by atoms with van der Waals surface area (Å²) >= 11 is 0. The van der Waals surface area contributed by atoms with E-state index in [1.165, 1.54) is 28.4 Å². The summed E-state index contributed by atoms with van der Waals surface area (Å²) in [5.41, 5.74) is 13.2. The second-order valence-corrected chi connectivity index (χ2v) is 15.5. The number of benzene rings is 1. The van der Waals surface area contributed by atoms with Crippen LogP contribution in [0.5, 0.6) is 0 Å². The zero-order valence-corrected chi connectivity index (χ0v) is 35.6. The second kappa shape index (κ2) is 17.3. The molecule has 1 aromatic rings. The summed E-state index contributed by atoms with van der Waals surface area (Å²) < 4.78 is 21.2. The third kappa shape index (κ3) is 7.09. The SMILES string of the molecule is COC(=O)c1cc(C(c2ccc(C(c3cc(C(=O)OC)c4cccccc3-4)c3cc(C(=O)OC)c4cccccc3-4)cc2)c2cc(C(=O)OC)c3cccccc2-3)c2cccccc1-2. The molecule has 0 saturated heterocycles. The summed E-state index contributed by atoms with van der Waals surface area (Å²) in [4.78, 5) is 53.7. The molecule has 0 radical (unpaired) electrons. The van der Waals surface area contributed by atoms with Crippen LogP contribution in [0.3, 0.4) is 0 Å². The third-order valence-corrected chi connectivity index (χ3v) is 12.2. The van der Waals surface area contributed by atoms with E-state index in [0.717, 1.165) is 77.9 Å². The summed E-state index contributed by atoms with van der Waals surface area (Å²) in [6.45, 7) is 0. The lowest BCUT2D eigenvalue weighted by atomic mass is 9.80. The van der Waals surface area contributed by atoms with Crippen LogP contribution in [0.2, 0.25) is 0 Å². The minimum absolute atomic E-state index is 0.426. The predicted molar refractivity (Wildman–Crippen MR) is 246 cm³/mol. The zero-order chi connectivity index (χ0) is 44.5. The minimum Gasteiger partial charge on any atom is -0.465 e. The molecule has 0 amide bonds. The first-order valence-electron chi connectivity index (χ1n) is 20.8. The number of carbonyl (C=O) groups excluding carboxylic acids is 4. The van der Waals surface area contributed by atoms with Crippen LogP contribution in [0.1, 0.15) is 86.6 Å². The van der Waals surface area contributed by atoms with Gasteiger partial charge in [-0.3, -0.25) is 0 Å². The maximum Gasteiger partial charge on any atom is 0.338 e. The van der Waals surface area contributed by atoms with Crippen LogP contribution < -0.4 is 0 Å². The standard InChI is InChI=1S/C56H42O8/c1-61-53(57)47-29-43(35-17-9-5-13-21-39(35)47)51(44-30-48(54(58)62-2)40-22-14-6-10-18-36(40)44)33-25-27-34(28-26-33)52(45-31-49(55(59)63-3)41-23-15-7-11-19-37(41)45)46-32-50(56(60)64-4)42-24-16-8-12-20-38(42)46/h5-32,51-52H,1-4H3. The van der Waals surface area contributed by atoms with Crippen molar-refractivity contribution in [2.45, 2.75) is 11.8 Å². The van der Waals surface area contributed by atoms with E-state index in [1.54, 1.807) is 0 Å². The van der Waals surface area contributed by atoms with Gasteiger partial charge < -0.3 is 18.9 Å². The molecule has 64 heavy (non-hydrogen) atoms. The first-order chi connectivity index (χ1) is 31.3. The molecule has 0 aromatic heterocycles. The van der Waals surface area contributed by atoms with E-state index in [-0.39, 0.29) is 0 Å². The van der Waals surface area contributed by atoms with Gasteiger partial charge in [0.1, 0.15) is 0 Å². The van der Waals surface area contributed by atoms with Gasteiger partial charge in [0.15, 0.2) is 0 Å². The van der Waals surface area contributed by atoms with Gasteiger partial charge in [-0.05, 0) is 102 Å². The Hall–Kier alpha value is -8.10. The number of rotatable bonds is 10. The Bertz CT molecular complexity index is 2700. The molecular formula is C56H42O8. The molecule has 1 aromatic carbocycles. The topological polar surface area (TPSA) is 105 Å². The van der Waals surface area contributed by atoms with Crippen LogP contribution in [0, 0.1) is 0 Å². The van der Waals surface area contributed by atoms with Crippen molar-refractivity contribution in [3.8, 4) is 44.5 Å². The van der Waals surface area contributed by atoms with Crippen molar-refractivity contribution in [3.63, 3.8) is 0 Å². The Morgan fingerprint density at radius 3 is 0.703 bits per heavy atom. The maximum absolute atomic E-state index is 13.4. The maximum atomic E-state index is 13.4. The van der Waals surface area contributed by atoms with Crippen molar-refractivity contribution in [2.24, 2.45) is 0 Å². The van der Waals surface area contributed by atoms with Crippen LogP contribution in [-0.4, -0.2) is 52.3 Å². The van der Waals surface area contributed by atoms with Gasteiger partial charge in [0, 0.05) is 11.8 Å². The Kier molecular flexibility index (Phi) is 11.2. The van der Waals surface area contributed by atoms with Crippen molar-refractivity contribution in [2.75, 3.05) is 28.4 Å². The number of esters is 4. The van der Waals surface area contributed by atoms with E-state index in [0.29, 0.717) is 22.3 Å². The van der Waals surface area contributed by atoms with E-state index in [2.05, 4.69) is 24.3 Å². The molecule has 0 fully saturated rings. The van der Waals surface area contributed by atoms with Crippen LogP contribution in [-0.2, 0) is 18.9 Å². The first kappa shape index (κ1) is 41.3. The van der Waals surface area contributed by atoms with Gasteiger partial charge in [-0.25, -0.2) is 19.2 Å². The molecule has 0 aliphatic heterocycles. The fourth-order valence-corrected chi connectivity index (χ4v) is 9.38.